The van der Waals surface area contributed by atoms with Gasteiger partial charge >= 0.3 is 0 Å². The summed E-state index contributed by atoms with van der Waals surface area (Å²) in [7, 11) is -0.796. The minimum atomic E-state index is -3.78. The molecule has 1 unspecified atom stereocenters. The smallest absolute Gasteiger partial charge is 0.264 e. The lowest BCUT2D eigenvalue weighted by Crippen LogP contribution is -2.29. The SMILES string of the molecule is CCC(NC(=O)c1cccc(N(C)S(=O)(=O)c2ccc(OC)cc2)c1)c1ccccc1. The molecule has 0 spiro atoms. The highest BCUT2D eigenvalue weighted by atomic mass is 32.2. The predicted octanol–water partition coefficient (Wildman–Crippen LogP) is 4.40. The summed E-state index contributed by atoms with van der Waals surface area (Å²) < 4.78 is 32.3. The van der Waals surface area contributed by atoms with E-state index in [4.69, 9.17) is 4.74 Å². The van der Waals surface area contributed by atoms with Crippen molar-refractivity contribution in [2.24, 2.45) is 0 Å². The molecule has 0 aromatic heterocycles. The summed E-state index contributed by atoms with van der Waals surface area (Å²) in [6.45, 7) is 2.00. The maximum Gasteiger partial charge on any atom is 0.264 e. The molecular formula is C24H26N2O4S. The standard InChI is InChI=1S/C24H26N2O4S/c1-4-23(18-9-6-5-7-10-18)25-24(27)19-11-8-12-20(17-19)26(2)31(28,29)22-15-13-21(30-3)14-16-22/h5-17,23H,4H2,1-3H3,(H,25,27). The number of benzene rings is 3. The number of nitrogens with zero attached hydrogens (tertiary/aromatic N) is 1. The first kappa shape index (κ1) is 22.4. The van der Waals surface area contributed by atoms with Crippen molar-refractivity contribution in [3.63, 3.8) is 0 Å². The second kappa shape index (κ2) is 9.66. The molecule has 1 N–H and O–H groups in total. The predicted molar refractivity (Wildman–Crippen MR) is 122 cm³/mol. The number of hydrogen-bond acceptors (Lipinski definition) is 4. The fourth-order valence-corrected chi connectivity index (χ4v) is 4.42. The van der Waals surface area contributed by atoms with Gasteiger partial charge in [-0.15, -0.1) is 0 Å². The molecule has 0 aliphatic rings. The highest BCUT2D eigenvalue weighted by Gasteiger charge is 2.22. The fourth-order valence-electron chi connectivity index (χ4n) is 3.24. The van der Waals surface area contributed by atoms with Gasteiger partial charge in [0.25, 0.3) is 15.9 Å². The molecule has 7 heteroatoms. The van der Waals surface area contributed by atoms with Gasteiger partial charge in [-0.05, 0) is 54.4 Å². The van der Waals surface area contributed by atoms with Crippen molar-refractivity contribution in [1.29, 1.82) is 0 Å². The van der Waals surface area contributed by atoms with Crippen LogP contribution in [-0.2, 0) is 10.0 Å². The van der Waals surface area contributed by atoms with Gasteiger partial charge in [-0.1, -0.05) is 43.3 Å². The van der Waals surface area contributed by atoms with Crippen LogP contribution >= 0.6 is 0 Å². The van der Waals surface area contributed by atoms with Crippen LogP contribution in [0.1, 0.15) is 35.3 Å². The van der Waals surface area contributed by atoms with E-state index < -0.39 is 10.0 Å². The number of methoxy groups -OCH3 is 1. The Morgan fingerprint density at radius 1 is 1.00 bits per heavy atom. The van der Waals surface area contributed by atoms with Crippen molar-refractivity contribution >= 4 is 21.6 Å². The van der Waals surface area contributed by atoms with Crippen LogP contribution in [0.2, 0.25) is 0 Å². The molecule has 3 aromatic rings. The molecule has 0 bridgehead atoms. The van der Waals surface area contributed by atoms with E-state index in [0.717, 1.165) is 12.0 Å². The van der Waals surface area contributed by atoms with Crippen molar-refractivity contribution in [3.05, 3.63) is 90.0 Å². The van der Waals surface area contributed by atoms with E-state index >= 15 is 0 Å². The maximum atomic E-state index is 13.0. The highest BCUT2D eigenvalue weighted by molar-refractivity contribution is 7.92. The molecule has 0 aliphatic heterocycles. The lowest BCUT2D eigenvalue weighted by atomic mass is 10.0. The molecule has 0 fully saturated rings. The Hall–Kier alpha value is -3.32. The van der Waals surface area contributed by atoms with E-state index in [1.165, 1.54) is 30.6 Å². The molecule has 3 aromatic carbocycles. The first-order chi connectivity index (χ1) is 14.9. The van der Waals surface area contributed by atoms with Gasteiger partial charge in [-0.2, -0.15) is 0 Å². The summed E-state index contributed by atoms with van der Waals surface area (Å²) in [4.78, 5) is 13.0. The number of carbonyl (C=O) groups excluding carboxylic acids is 1. The van der Waals surface area contributed by atoms with Crippen molar-refractivity contribution in [1.82, 2.24) is 5.32 Å². The second-order valence-electron chi connectivity index (χ2n) is 7.04. The lowest BCUT2D eigenvalue weighted by Gasteiger charge is -2.21. The van der Waals surface area contributed by atoms with Crippen LogP contribution in [0.5, 0.6) is 5.75 Å². The molecule has 0 saturated heterocycles. The number of nitrogens with one attached hydrogen (secondary N) is 1. The van der Waals surface area contributed by atoms with Gasteiger partial charge in [0.05, 0.1) is 23.7 Å². The molecule has 6 nitrogen and oxygen atoms in total. The average Bonchev–Trinajstić information content (AvgIpc) is 2.82. The van der Waals surface area contributed by atoms with Gasteiger partial charge in [0, 0.05) is 12.6 Å². The van der Waals surface area contributed by atoms with Gasteiger partial charge < -0.3 is 10.1 Å². The summed E-state index contributed by atoms with van der Waals surface area (Å²) in [5, 5.41) is 3.03. The molecule has 3 rings (SSSR count). The number of sulfonamides is 1. The van der Waals surface area contributed by atoms with Crippen LogP contribution in [0.25, 0.3) is 0 Å². The summed E-state index contributed by atoms with van der Waals surface area (Å²) in [6, 6.07) is 22.4. The summed E-state index contributed by atoms with van der Waals surface area (Å²) >= 11 is 0. The largest absolute Gasteiger partial charge is 0.497 e. The normalized spacial score (nSPS) is 12.1. The van der Waals surface area contributed by atoms with Crippen LogP contribution in [0.4, 0.5) is 5.69 Å². The van der Waals surface area contributed by atoms with Gasteiger partial charge in [0.1, 0.15) is 5.75 Å². The Kier molecular flexibility index (Phi) is 6.97. The molecule has 0 radical (unpaired) electrons. The Balaban J connectivity index is 1.82. The zero-order chi connectivity index (χ0) is 22.4. The van der Waals surface area contributed by atoms with Crippen LogP contribution in [0.15, 0.2) is 83.8 Å². The first-order valence-corrected chi connectivity index (χ1v) is 11.4. The topological polar surface area (TPSA) is 75.7 Å². The number of rotatable bonds is 8. The lowest BCUT2D eigenvalue weighted by molar-refractivity contribution is 0.0935. The van der Waals surface area contributed by atoms with Gasteiger partial charge in [-0.3, -0.25) is 9.10 Å². The summed E-state index contributed by atoms with van der Waals surface area (Å²) in [5.41, 5.74) is 1.81. The van der Waals surface area contributed by atoms with Crippen LogP contribution in [0, 0.1) is 0 Å². The number of hydrogen-bond donors (Lipinski definition) is 1. The minimum absolute atomic E-state index is 0.127. The van der Waals surface area contributed by atoms with Crippen LogP contribution < -0.4 is 14.4 Å². The van der Waals surface area contributed by atoms with Crippen LogP contribution in [-0.4, -0.2) is 28.5 Å². The third-order valence-corrected chi connectivity index (χ3v) is 6.91. The van der Waals surface area contributed by atoms with E-state index in [2.05, 4.69) is 5.32 Å². The van der Waals surface area contributed by atoms with Crippen molar-refractivity contribution in [2.75, 3.05) is 18.5 Å². The molecule has 0 heterocycles. The Morgan fingerprint density at radius 3 is 2.29 bits per heavy atom. The van der Waals surface area contributed by atoms with Crippen molar-refractivity contribution < 1.29 is 17.9 Å². The molecular weight excluding hydrogens is 412 g/mol. The average molecular weight is 439 g/mol. The maximum absolute atomic E-state index is 13.0. The first-order valence-electron chi connectivity index (χ1n) is 9.95. The number of anilines is 1. The Bertz CT molecular complexity index is 1130. The molecule has 1 amide bonds. The van der Waals surface area contributed by atoms with Crippen LogP contribution in [0.3, 0.4) is 0 Å². The summed E-state index contributed by atoms with van der Waals surface area (Å²) in [5.74, 6) is 0.317. The summed E-state index contributed by atoms with van der Waals surface area (Å²) in [6.07, 6.45) is 0.737. The highest BCUT2D eigenvalue weighted by Crippen LogP contribution is 2.25. The quantitative estimate of drug-likeness (QED) is 0.566. The minimum Gasteiger partial charge on any atom is -0.497 e. The van der Waals surface area contributed by atoms with E-state index in [1.807, 2.05) is 37.3 Å². The zero-order valence-corrected chi connectivity index (χ0v) is 18.6. The molecule has 0 aliphatic carbocycles. The molecule has 162 valence electrons. The van der Waals surface area contributed by atoms with E-state index in [0.29, 0.717) is 17.0 Å². The second-order valence-corrected chi connectivity index (χ2v) is 9.01. The zero-order valence-electron chi connectivity index (χ0n) is 17.8. The number of carbonyl (C=O) groups is 1. The third-order valence-electron chi connectivity index (χ3n) is 5.11. The van der Waals surface area contributed by atoms with Gasteiger partial charge in [0.15, 0.2) is 0 Å². The van der Waals surface area contributed by atoms with Crippen molar-refractivity contribution in [3.8, 4) is 5.75 Å². The Morgan fingerprint density at radius 2 is 1.68 bits per heavy atom. The number of amides is 1. The third kappa shape index (κ3) is 5.06. The van der Waals surface area contributed by atoms with Crippen molar-refractivity contribution in [2.45, 2.75) is 24.3 Å². The van der Waals surface area contributed by atoms with Gasteiger partial charge in [0.2, 0.25) is 0 Å². The molecule has 31 heavy (non-hydrogen) atoms. The van der Waals surface area contributed by atoms with E-state index in [1.54, 1.807) is 36.4 Å². The molecule has 0 saturated carbocycles. The monoisotopic (exact) mass is 438 g/mol. The van der Waals surface area contributed by atoms with E-state index in [9.17, 15) is 13.2 Å². The Labute approximate surface area is 183 Å². The van der Waals surface area contributed by atoms with E-state index in [-0.39, 0.29) is 16.8 Å². The molecule has 1 atom stereocenters. The fraction of sp³-hybridized carbons (Fsp3) is 0.208. The van der Waals surface area contributed by atoms with Gasteiger partial charge in [-0.25, -0.2) is 8.42 Å². The number of ether oxygens (including phenoxy) is 1.